The highest BCUT2D eigenvalue weighted by molar-refractivity contribution is 6.53. The van der Waals surface area contributed by atoms with Gasteiger partial charge < -0.3 is 19.9 Å². The quantitative estimate of drug-likeness (QED) is 0.402. The van der Waals surface area contributed by atoms with Gasteiger partial charge in [-0.25, -0.2) is 0 Å². The van der Waals surface area contributed by atoms with Crippen LogP contribution < -0.4 is 4.90 Å². The van der Waals surface area contributed by atoms with E-state index >= 15 is 0 Å². The lowest BCUT2D eigenvalue weighted by atomic mass is 9.55. The van der Waals surface area contributed by atoms with Crippen LogP contribution in [0, 0.1) is 17.8 Å². The lowest BCUT2D eigenvalue weighted by Crippen LogP contribution is -2.45. The van der Waals surface area contributed by atoms with Gasteiger partial charge in [-0.1, -0.05) is 48.5 Å². The molecular weight excluding hydrogens is 445 g/mol. The van der Waals surface area contributed by atoms with Crippen molar-refractivity contribution in [1.29, 1.82) is 0 Å². The predicted octanol–water partition coefficient (Wildman–Crippen LogP) is 3.14. The van der Waals surface area contributed by atoms with Gasteiger partial charge >= 0.3 is 7.12 Å². The molecule has 4 atom stereocenters. The maximum Gasteiger partial charge on any atom is 0.487 e. The molecule has 2 aliphatic heterocycles. The Morgan fingerprint density at radius 1 is 0.914 bits per heavy atom. The summed E-state index contributed by atoms with van der Waals surface area (Å²) >= 11 is 0. The van der Waals surface area contributed by atoms with Crippen molar-refractivity contribution in [2.24, 2.45) is 17.8 Å². The van der Waals surface area contributed by atoms with Gasteiger partial charge in [0.2, 0.25) is 11.8 Å². The molecule has 176 valence electrons. The number of imide groups is 1. The van der Waals surface area contributed by atoms with E-state index in [4.69, 9.17) is 4.65 Å². The number of carbonyl (C=O) groups excluding carboxylic acids is 2. The maximum absolute atomic E-state index is 13.7. The van der Waals surface area contributed by atoms with Crippen molar-refractivity contribution in [1.82, 2.24) is 0 Å². The summed E-state index contributed by atoms with van der Waals surface area (Å²) in [5.41, 5.74) is 2.40. The van der Waals surface area contributed by atoms with Gasteiger partial charge in [0, 0.05) is 5.39 Å². The number of aromatic hydroxyl groups is 1. The second-order valence-corrected chi connectivity index (χ2v) is 9.44. The summed E-state index contributed by atoms with van der Waals surface area (Å²) in [6, 6.07) is 19.6. The Bertz CT molecular complexity index is 1370. The Balaban J connectivity index is 1.43. The number of phenols is 1. The van der Waals surface area contributed by atoms with Crippen molar-refractivity contribution >= 4 is 35.4 Å². The summed E-state index contributed by atoms with van der Waals surface area (Å²) in [6.45, 7) is -0.310. The van der Waals surface area contributed by atoms with Crippen molar-refractivity contribution in [3.63, 3.8) is 0 Å². The fourth-order valence-corrected chi connectivity index (χ4v) is 6.18. The third-order valence-corrected chi connectivity index (χ3v) is 7.70. The Kier molecular flexibility index (Phi) is 5.25. The lowest BCUT2D eigenvalue weighted by Gasteiger charge is -2.42. The molecule has 2 heterocycles. The summed E-state index contributed by atoms with van der Waals surface area (Å²) in [6.07, 6.45) is 0.0262. The molecule has 0 aromatic heterocycles. The third-order valence-electron chi connectivity index (χ3n) is 7.70. The molecular formula is C27H24BNO6. The standard InChI is InChI=1S/C27H24BNO6/c30-14-15-12-21-24(27(33)29(26(21)32)16-6-2-1-3-7-16)20-13-23(35-28(34)25(15)20)19-10-11-22(31)18-9-5-4-8-17(18)19/h1-11,20-21,23-24,30-31,34H,12-14H2/t20-,21-,23-,24+/m0/s1. The van der Waals surface area contributed by atoms with Crippen LogP contribution >= 0.6 is 0 Å². The topological polar surface area (TPSA) is 107 Å². The number of rotatable bonds is 3. The highest BCUT2D eigenvalue weighted by Crippen LogP contribution is 2.52. The molecule has 3 aliphatic rings. The minimum Gasteiger partial charge on any atom is -0.507 e. The molecule has 2 fully saturated rings. The molecule has 2 saturated heterocycles. The van der Waals surface area contributed by atoms with Crippen LogP contribution in [0.3, 0.4) is 0 Å². The van der Waals surface area contributed by atoms with E-state index in [1.165, 1.54) is 4.90 Å². The first kappa shape index (κ1) is 22.0. The first-order valence-corrected chi connectivity index (χ1v) is 11.8. The predicted molar refractivity (Wildman–Crippen MR) is 130 cm³/mol. The van der Waals surface area contributed by atoms with Crippen LogP contribution in [0.2, 0.25) is 0 Å². The average molecular weight is 469 g/mol. The number of aliphatic hydroxyl groups is 1. The minimum absolute atomic E-state index is 0.150. The van der Waals surface area contributed by atoms with E-state index in [9.17, 15) is 24.8 Å². The fourth-order valence-electron chi connectivity index (χ4n) is 6.18. The van der Waals surface area contributed by atoms with Crippen LogP contribution in [-0.2, 0) is 14.2 Å². The normalized spacial score (nSPS) is 26.3. The third kappa shape index (κ3) is 3.32. The second-order valence-electron chi connectivity index (χ2n) is 9.44. The SMILES string of the molecule is O=C1[C@H]2[C@H](CC(CO)=C3B(O)O[C@H](c4ccc(O)c5ccccc45)C[C@H]32)C(=O)N1c1ccccc1. The highest BCUT2D eigenvalue weighted by atomic mass is 16.5. The number of allylic oxidation sites excluding steroid dienone is 1. The van der Waals surface area contributed by atoms with E-state index < -0.39 is 31.0 Å². The number of para-hydroxylation sites is 1. The molecule has 8 heteroatoms. The van der Waals surface area contributed by atoms with Gasteiger partial charge in [-0.05, 0) is 59.0 Å². The van der Waals surface area contributed by atoms with Crippen LogP contribution in [0.4, 0.5) is 5.69 Å². The van der Waals surface area contributed by atoms with Gasteiger partial charge in [-0.3, -0.25) is 14.5 Å². The van der Waals surface area contributed by atoms with Crippen molar-refractivity contribution in [3.8, 4) is 5.75 Å². The zero-order valence-corrected chi connectivity index (χ0v) is 18.9. The van der Waals surface area contributed by atoms with Crippen LogP contribution in [0.25, 0.3) is 10.8 Å². The number of amides is 2. The number of carbonyl (C=O) groups is 2. The zero-order valence-electron chi connectivity index (χ0n) is 18.9. The van der Waals surface area contributed by atoms with Gasteiger partial charge in [-0.2, -0.15) is 0 Å². The minimum atomic E-state index is -1.30. The molecule has 0 radical (unpaired) electrons. The molecule has 7 nitrogen and oxygen atoms in total. The molecule has 0 saturated carbocycles. The number of anilines is 1. The highest BCUT2D eigenvalue weighted by Gasteiger charge is 2.58. The first-order valence-electron chi connectivity index (χ1n) is 11.8. The summed E-state index contributed by atoms with van der Waals surface area (Å²) < 4.78 is 6.04. The Labute approximate surface area is 202 Å². The number of hydrogen-bond acceptors (Lipinski definition) is 6. The second kappa shape index (κ2) is 8.34. The molecule has 1 aliphatic carbocycles. The molecule has 0 spiro atoms. The van der Waals surface area contributed by atoms with Crippen molar-refractivity contribution in [2.45, 2.75) is 18.9 Å². The average Bonchev–Trinajstić information content (AvgIpc) is 3.13. The van der Waals surface area contributed by atoms with Gasteiger partial charge in [0.25, 0.3) is 0 Å². The van der Waals surface area contributed by atoms with E-state index in [2.05, 4.69) is 0 Å². The van der Waals surface area contributed by atoms with Crippen LogP contribution in [0.1, 0.15) is 24.5 Å². The number of aliphatic hydroxyl groups excluding tert-OH is 1. The molecule has 0 unspecified atom stereocenters. The molecule has 3 N–H and O–H groups in total. The summed E-state index contributed by atoms with van der Waals surface area (Å²) in [7, 11) is -1.30. The molecule has 3 aromatic rings. The molecule has 2 amide bonds. The number of fused-ring (bicyclic) bond motifs is 4. The van der Waals surface area contributed by atoms with Crippen LogP contribution in [-0.4, -0.2) is 40.8 Å². The summed E-state index contributed by atoms with van der Waals surface area (Å²) in [5.74, 6) is -2.10. The van der Waals surface area contributed by atoms with Gasteiger partial charge in [-0.15, -0.1) is 0 Å². The van der Waals surface area contributed by atoms with Crippen LogP contribution in [0.15, 0.2) is 77.8 Å². The smallest absolute Gasteiger partial charge is 0.487 e. The molecule has 3 aromatic carbocycles. The Hall–Kier alpha value is -3.46. The molecule has 35 heavy (non-hydrogen) atoms. The van der Waals surface area contributed by atoms with Crippen molar-refractivity contribution in [2.75, 3.05) is 11.5 Å². The summed E-state index contributed by atoms with van der Waals surface area (Å²) in [5, 5.41) is 32.9. The van der Waals surface area contributed by atoms with Gasteiger partial charge in [0.05, 0.1) is 30.2 Å². The van der Waals surface area contributed by atoms with Crippen LogP contribution in [0.5, 0.6) is 5.75 Å². The number of benzene rings is 3. The van der Waals surface area contributed by atoms with E-state index in [0.717, 1.165) is 10.9 Å². The van der Waals surface area contributed by atoms with Crippen molar-refractivity contribution < 1.29 is 29.5 Å². The Morgan fingerprint density at radius 2 is 1.63 bits per heavy atom. The monoisotopic (exact) mass is 469 g/mol. The van der Waals surface area contributed by atoms with E-state index in [1.54, 1.807) is 36.4 Å². The Morgan fingerprint density at radius 3 is 2.37 bits per heavy atom. The molecule has 6 rings (SSSR count). The van der Waals surface area contributed by atoms with E-state index in [1.807, 2.05) is 30.3 Å². The summed E-state index contributed by atoms with van der Waals surface area (Å²) in [4.78, 5) is 28.3. The molecule has 0 bridgehead atoms. The maximum atomic E-state index is 13.7. The van der Waals surface area contributed by atoms with E-state index in [-0.39, 0.29) is 30.6 Å². The van der Waals surface area contributed by atoms with Gasteiger partial charge in [0.15, 0.2) is 0 Å². The number of nitrogens with zero attached hydrogens (tertiary/aromatic N) is 1. The lowest BCUT2D eigenvalue weighted by molar-refractivity contribution is -0.123. The van der Waals surface area contributed by atoms with Crippen molar-refractivity contribution in [3.05, 3.63) is 83.3 Å². The number of hydrogen-bond donors (Lipinski definition) is 3. The first-order chi connectivity index (χ1) is 17.0. The number of phenolic OH excluding ortho intramolecular Hbond substituents is 1. The van der Waals surface area contributed by atoms with E-state index in [0.29, 0.717) is 28.5 Å². The zero-order chi connectivity index (χ0) is 24.3. The van der Waals surface area contributed by atoms with Gasteiger partial charge in [0.1, 0.15) is 5.75 Å². The largest absolute Gasteiger partial charge is 0.507 e. The fraction of sp³-hybridized carbons (Fsp3) is 0.259.